The van der Waals surface area contributed by atoms with Crippen LogP contribution in [-0.2, 0) is 9.53 Å². The van der Waals surface area contributed by atoms with Gasteiger partial charge in [0.25, 0.3) is 0 Å². The van der Waals surface area contributed by atoms with Gasteiger partial charge in [-0.3, -0.25) is 0 Å². The lowest BCUT2D eigenvalue weighted by atomic mass is 9.98. The van der Waals surface area contributed by atoms with Gasteiger partial charge in [0.15, 0.2) is 0 Å². The molecule has 132 valence electrons. The number of hydrogen-bond acceptors (Lipinski definition) is 2. The average Bonchev–Trinajstić information content (AvgIpc) is 2.61. The molecule has 0 fully saturated rings. The summed E-state index contributed by atoms with van der Waals surface area (Å²) >= 11 is 0. The molecule has 0 spiro atoms. The molecule has 0 radical (unpaired) electrons. The number of esters is 1. The van der Waals surface area contributed by atoms with Gasteiger partial charge >= 0.3 is 5.97 Å². The molecule has 0 saturated heterocycles. The Kier molecular flexibility index (Phi) is 7.46. The van der Waals surface area contributed by atoms with E-state index < -0.39 is 0 Å². The molecule has 0 aliphatic heterocycles. The summed E-state index contributed by atoms with van der Waals surface area (Å²) < 4.78 is 5.59. The molecule has 0 amide bonds. The number of hydrogen-bond donors (Lipinski definition) is 0. The van der Waals surface area contributed by atoms with E-state index in [0.717, 1.165) is 36.0 Å². The van der Waals surface area contributed by atoms with Gasteiger partial charge in [0.1, 0.15) is 0 Å². The molecule has 0 bridgehead atoms. The fraction of sp³-hybridized carbons (Fsp3) is 0.348. The van der Waals surface area contributed by atoms with Crippen LogP contribution in [0.4, 0.5) is 0 Å². The Bertz CT molecular complexity index is 630. The SMILES string of the molecule is CC(C)CCCC(C)OC(=O)C=C(c1ccccc1)c1ccccc1. The highest BCUT2D eigenvalue weighted by atomic mass is 16.5. The van der Waals surface area contributed by atoms with Gasteiger partial charge in [-0.1, -0.05) is 80.9 Å². The molecule has 2 aromatic carbocycles. The minimum Gasteiger partial charge on any atom is -0.459 e. The molecular weight excluding hydrogens is 308 g/mol. The zero-order valence-corrected chi connectivity index (χ0v) is 15.4. The Morgan fingerprint density at radius 3 is 1.88 bits per heavy atom. The molecule has 2 rings (SSSR count). The summed E-state index contributed by atoms with van der Waals surface area (Å²) in [5, 5.41) is 0. The van der Waals surface area contributed by atoms with Gasteiger partial charge in [0.05, 0.1) is 6.10 Å². The van der Waals surface area contributed by atoms with Crippen LogP contribution >= 0.6 is 0 Å². The van der Waals surface area contributed by atoms with E-state index in [-0.39, 0.29) is 12.1 Å². The van der Waals surface area contributed by atoms with Crippen LogP contribution in [-0.4, -0.2) is 12.1 Å². The van der Waals surface area contributed by atoms with Gasteiger partial charge < -0.3 is 4.74 Å². The van der Waals surface area contributed by atoms with Crippen molar-refractivity contribution < 1.29 is 9.53 Å². The van der Waals surface area contributed by atoms with Crippen molar-refractivity contribution in [2.24, 2.45) is 5.92 Å². The predicted molar refractivity (Wildman–Crippen MR) is 104 cm³/mol. The van der Waals surface area contributed by atoms with E-state index in [0.29, 0.717) is 5.92 Å². The second kappa shape index (κ2) is 9.83. The van der Waals surface area contributed by atoms with Gasteiger partial charge in [0.2, 0.25) is 0 Å². The summed E-state index contributed by atoms with van der Waals surface area (Å²) in [6.45, 7) is 6.40. The number of benzene rings is 2. The zero-order valence-electron chi connectivity index (χ0n) is 15.4. The maximum absolute atomic E-state index is 12.4. The van der Waals surface area contributed by atoms with Crippen molar-refractivity contribution in [3.63, 3.8) is 0 Å². The lowest BCUT2D eigenvalue weighted by Crippen LogP contribution is -2.13. The van der Waals surface area contributed by atoms with Crippen LogP contribution in [0.5, 0.6) is 0 Å². The van der Waals surface area contributed by atoms with Gasteiger partial charge in [0, 0.05) is 6.08 Å². The van der Waals surface area contributed by atoms with Crippen LogP contribution < -0.4 is 0 Å². The van der Waals surface area contributed by atoms with Crippen molar-refractivity contribution >= 4 is 11.5 Å². The maximum Gasteiger partial charge on any atom is 0.331 e. The van der Waals surface area contributed by atoms with Crippen LogP contribution in [0.15, 0.2) is 66.7 Å². The van der Waals surface area contributed by atoms with Crippen LogP contribution in [0.2, 0.25) is 0 Å². The lowest BCUT2D eigenvalue weighted by Gasteiger charge is -2.14. The summed E-state index contributed by atoms with van der Waals surface area (Å²) in [6, 6.07) is 19.9. The van der Waals surface area contributed by atoms with Crippen molar-refractivity contribution in [3.05, 3.63) is 77.9 Å². The molecule has 0 saturated carbocycles. The molecule has 0 aliphatic carbocycles. The third kappa shape index (κ3) is 6.58. The number of carbonyl (C=O) groups is 1. The Hall–Kier alpha value is -2.35. The largest absolute Gasteiger partial charge is 0.459 e. The molecule has 0 aromatic heterocycles. The summed E-state index contributed by atoms with van der Waals surface area (Å²) in [5.41, 5.74) is 2.91. The fourth-order valence-electron chi connectivity index (χ4n) is 2.79. The molecule has 2 heteroatoms. The summed E-state index contributed by atoms with van der Waals surface area (Å²) in [4.78, 5) is 12.4. The molecule has 2 aromatic rings. The summed E-state index contributed by atoms with van der Waals surface area (Å²) in [6.07, 6.45) is 4.71. The third-order valence-electron chi connectivity index (χ3n) is 4.14. The van der Waals surface area contributed by atoms with Crippen LogP contribution in [0.25, 0.3) is 5.57 Å². The molecule has 25 heavy (non-hydrogen) atoms. The fourth-order valence-corrected chi connectivity index (χ4v) is 2.79. The van der Waals surface area contributed by atoms with Crippen LogP contribution in [0, 0.1) is 5.92 Å². The van der Waals surface area contributed by atoms with Crippen LogP contribution in [0.3, 0.4) is 0 Å². The monoisotopic (exact) mass is 336 g/mol. The normalized spacial score (nSPS) is 11.8. The van der Waals surface area contributed by atoms with E-state index in [1.54, 1.807) is 6.08 Å². The molecule has 0 heterocycles. The second-order valence-electron chi connectivity index (χ2n) is 6.86. The van der Waals surface area contributed by atoms with Gasteiger partial charge in [-0.05, 0) is 42.4 Å². The first-order chi connectivity index (χ1) is 12.1. The standard InChI is InChI=1S/C23H28O2/c1-18(2)11-10-12-19(3)25-23(24)17-22(20-13-6-4-7-14-20)21-15-8-5-9-16-21/h4-9,13-19H,10-12H2,1-3H3. The predicted octanol–water partition coefficient (Wildman–Crippen LogP) is 5.88. The van der Waals surface area contributed by atoms with Gasteiger partial charge in [-0.25, -0.2) is 4.79 Å². The van der Waals surface area contributed by atoms with E-state index in [1.165, 1.54) is 0 Å². The van der Waals surface area contributed by atoms with Crippen molar-refractivity contribution in [2.45, 2.75) is 46.1 Å². The van der Waals surface area contributed by atoms with E-state index in [4.69, 9.17) is 4.74 Å². The Balaban J connectivity index is 2.10. The van der Waals surface area contributed by atoms with Gasteiger partial charge in [-0.2, -0.15) is 0 Å². The Labute approximate surface area is 151 Å². The molecule has 0 aliphatic rings. The van der Waals surface area contributed by atoms with E-state index in [2.05, 4.69) is 13.8 Å². The molecular formula is C23H28O2. The van der Waals surface area contributed by atoms with Crippen molar-refractivity contribution in [3.8, 4) is 0 Å². The lowest BCUT2D eigenvalue weighted by molar-refractivity contribution is -0.142. The van der Waals surface area contributed by atoms with Crippen molar-refractivity contribution in [1.82, 2.24) is 0 Å². The van der Waals surface area contributed by atoms with Crippen molar-refractivity contribution in [1.29, 1.82) is 0 Å². The minimum atomic E-state index is -0.278. The highest BCUT2D eigenvalue weighted by molar-refractivity contribution is 5.96. The average molecular weight is 336 g/mol. The number of ether oxygens (including phenoxy) is 1. The van der Waals surface area contributed by atoms with E-state index >= 15 is 0 Å². The highest BCUT2D eigenvalue weighted by Crippen LogP contribution is 2.23. The van der Waals surface area contributed by atoms with E-state index in [1.807, 2.05) is 67.6 Å². The smallest absolute Gasteiger partial charge is 0.331 e. The first-order valence-corrected chi connectivity index (χ1v) is 9.09. The maximum atomic E-state index is 12.4. The topological polar surface area (TPSA) is 26.3 Å². The summed E-state index contributed by atoms with van der Waals surface area (Å²) in [5.74, 6) is 0.408. The molecule has 2 nitrogen and oxygen atoms in total. The van der Waals surface area contributed by atoms with Gasteiger partial charge in [-0.15, -0.1) is 0 Å². The molecule has 1 atom stereocenters. The zero-order chi connectivity index (χ0) is 18.1. The first kappa shape index (κ1) is 19.0. The van der Waals surface area contributed by atoms with Crippen LogP contribution in [0.1, 0.15) is 51.2 Å². The molecule has 1 unspecified atom stereocenters. The van der Waals surface area contributed by atoms with Crippen molar-refractivity contribution in [2.75, 3.05) is 0 Å². The van der Waals surface area contributed by atoms with E-state index in [9.17, 15) is 4.79 Å². The minimum absolute atomic E-state index is 0.0599. The molecule has 0 N–H and O–H groups in total. The number of carbonyl (C=O) groups excluding carboxylic acids is 1. The second-order valence-corrected chi connectivity index (χ2v) is 6.86. The highest BCUT2D eigenvalue weighted by Gasteiger charge is 2.11. The quantitative estimate of drug-likeness (QED) is 0.445. The number of rotatable bonds is 8. The third-order valence-corrected chi connectivity index (χ3v) is 4.14. The summed E-state index contributed by atoms with van der Waals surface area (Å²) in [7, 11) is 0. The first-order valence-electron chi connectivity index (χ1n) is 9.09. The Morgan fingerprint density at radius 2 is 1.40 bits per heavy atom. The Morgan fingerprint density at radius 1 is 0.880 bits per heavy atom.